The van der Waals surface area contributed by atoms with Gasteiger partial charge in [-0.1, -0.05) is 70.7 Å². The molecule has 32 heavy (non-hydrogen) atoms. The van der Waals surface area contributed by atoms with Crippen LogP contribution in [0.25, 0.3) is 0 Å². The maximum absolute atomic E-state index is 13.3. The van der Waals surface area contributed by atoms with Crippen LogP contribution in [0.3, 0.4) is 0 Å². The van der Waals surface area contributed by atoms with E-state index in [-0.39, 0.29) is 34.1 Å². The molecule has 0 N–H and O–H groups in total. The Balaban J connectivity index is 2.36. The first-order valence-corrected chi connectivity index (χ1v) is 11.4. The molecule has 0 amide bonds. The molecular formula is C27H32O5. The second kappa shape index (κ2) is 12.7. The Labute approximate surface area is 190 Å². The smallest absolute Gasteiger partial charge is 0.314 e. The van der Waals surface area contributed by atoms with E-state index >= 15 is 0 Å². The third-order valence-corrected chi connectivity index (χ3v) is 5.61. The molecule has 0 bridgehead atoms. The van der Waals surface area contributed by atoms with Crippen molar-refractivity contribution in [3.8, 4) is 5.75 Å². The third kappa shape index (κ3) is 6.71. The van der Waals surface area contributed by atoms with Crippen LogP contribution in [0.2, 0.25) is 0 Å². The van der Waals surface area contributed by atoms with Gasteiger partial charge in [-0.25, -0.2) is 0 Å². The lowest BCUT2D eigenvalue weighted by Crippen LogP contribution is -2.19. The Hall–Kier alpha value is -3.08. The number of ether oxygens (including phenoxy) is 1. The van der Waals surface area contributed by atoms with Crippen molar-refractivity contribution in [2.75, 3.05) is 0 Å². The zero-order valence-corrected chi connectivity index (χ0v) is 19.2. The van der Waals surface area contributed by atoms with E-state index in [0.717, 1.165) is 32.1 Å². The van der Waals surface area contributed by atoms with Crippen molar-refractivity contribution in [2.24, 2.45) is 5.92 Å². The highest BCUT2D eigenvalue weighted by Gasteiger charge is 2.23. The van der Waals surface area contributed by atoms with E-state index in [4.69, 9.17) is 4.74 Å². The largest absolute Gasteiger partial charge is 0.426 e. The van der Waals surface area contributed by atoms with E-state index in [2.05, 4.69) is 6.92 Å². The average molecular weight is 437 g/mol. The summed E-state index contributed by atoms with van der Waals surface area (Å²) < 4.78 is 5.52. The number of benzene rings is 2. The maximum Gasteiger partial charge on any atom is 0.314 e. The lowest BCUT2D eigenvalue weighted by molar-refractivity contribution is -0.138. The fourth-order valence-electron chi connectivity index (χ4n) is 3.33. The monoisotopic (exact) mass is 436 g/mol. The van der Waals surface area contributed by atoms with E-state index < -0.39 is 11.8 Å². The molecule has 0 fully saturated rings. The van der Waals surface area contributed by atoms with Gasteiger partial charge in [0.25, 0.3) is 0 Å². The SMILES string of the molecule is CCCCCCCC(=O)c1ccc(OC(=O)C(C)CC)c(C(=O)c2ccccc2C=O)c1. The Morgan fingerprint density at radius 3 is 2.34 bits per heavy atom. The van der Waals surface area contributed by atoms with Gasteiger partial charge < -0.3 is 4.74 Å². The summed E-state index contributed by atoms with van der Waals surface area (Å²) in [4.78, 5) is 49.8. The third-order valence-electron chi connectivity index (χ3n) is 5.61. The number of Topliss-reactive ketones (excluding diaryl/α,β-unsaturated/α-hetero) is 1. The van der Waals surface area contributed by atoms with Crippen molar-refractivity contribution < 1.29 is 23.9 Å². The van der Waals surface area contributed by atoms with Gasteiger partial charge in [0, 0.05) is 23.1 Å². The van der Waals surface area contributed by atoms with Crippen molar-refractivity contribution >= 4 is 23.8 Å². The predicted octanol–water partition coefficient (Wildman–Crippen LogP) is 6.22. The molecule has 0 aliphatic carbocycles. The van der Waals surface area contributed by atoms with E-state index in [1.54, 1.807) is 37.3 Å². The van der Waals surface area contributed by atoms with Gasteiger partial charge in [0.1, 0.15) is 5.75 Å². The highest BCUT2D eigenvalue weighted by atomic mass is 16.5. The Kier molecular flexibility index (Phi) is 9.99. The standard InChI is InChI=1S/C27H32O5/c1-4-6-7-8-9-14-24(29)20-15-16-25(32-27(31)19(3)5-2)23(17-20)26(30)22-13-11-10-12-21(22)18-28/h10-13,15-19H,4-9,14H2,1-3H3. The molecular weight excluding hydrogens is 404 g/mol. The van der Waals surface area contributed by atoms with Crippen molar-refractivity contribution in [3.05, 3.63) is 64.7 Å². The summed E-state index contributed by atoms with van der Waals surface area (Å²) in [7, 11) is 0. The van der Waals surface area contributed by atoms with Gasteiger partial charge in [-0.2, -0.15) is 0 Å². The summed E-state index contributed by atoms with van der Waals surface area (Å²) >= 11 is 0. The molecule has 0 saturated carbocycles. The zero-order valence-electron chi connectivity index (χ0n) is 19.2. The van der Waals surface area contributed by atoms with E-state index in [0.29, 0.717) is 24.7 Å². The molecule has 0 aliphatic rings. The number of rotatable bonds is 13. The van der Waals surface area contributed by atoms with Crippen LogP contribution in [0, 0.1) is 5.92 Å². The van der Waals surface area contributed by atoms with Crippen LogP contribution in [0.15, 0.2) is 42.5 Å². The van der Waals surface area contributed by atoms with Crippen LogP contribution in [0.4, 0.5) is 0 Å². The van der Waals surface area contributed by atoms with Gasteiger partial charge in [0.15, 0.2) is 17.9 Å². The van der Waals surface area contributed by atoms with Crippen LogP contribution >= 0.6 is 0 Å². The average Bonchev–Trinajstić information content (AvgIpc) is 2.82. The number of unbranched alkanes of at least 4 members (excludes halogenated alkanes) is 4. The lowest BCUT2D eigenvalue weighted by atomic mass is 9.95. The first-order chi connectivity index (χ1) is 15.4. The molecule has 2 aromatic rings. The van der Waals surface area contributed by atoms with Gasteiger partial charge in [-0.05, 0) is 31.0 Å². The van der Waals surface area contributed by atoms with Crippen molar-refractivity contribution in [3.63, 3.8) is 0 Å². The number of hydrogen-bond donors (Lipinski definition) is 0. The first kappa shape index (κ1) is 25.2. The number of carbonyl (C=O) groups is 4. The summed E-state index contributed by atoms with van der Waals surface area (Å²) in [5.41, 5.74) is 0.945. The van der Waals surface area contributed by atoms with Gasteiger partial charge in [-0.15, -0.1) is 0 Å². The highest BCUT2D eigenvalue weighted by Crippen LogP contribution is 2.27. The maximum atomic E-state index is 13.3. The summed E-state index contributed by atoms with van der Waals surface area (Å²) in [5, 5.41) is 0. The van der Waals surface area contributed by atoms with Gasteiger partial charge in [0.05, 0.1) is 11.5 Å². The molecule has 5 heteroatoms. The van der Waals surface area contributed by atoms with Crippen LogP contribution in [0.5, 0.6) is 5.75 Å². The fourth-order valence-corrected chi connectivity index (χ4v) is 3.33. The predicted molar refractivity (Wildman–Crippen MR) is 125 cm³/mol. The molecule has 0 aliphatic heterocycles. The van der Waals surface area contributed by atoms with Crippen LogP contribution in [-0.2, 0) is 4.79 Å². The second-order valence-electron chi connectivity index (χ2n) is 8.06. The molecule has 0 radical (unpaired) electrons. The molecule has 2 rings (SSSR count). The topological polar surface area (TPSA) is 77.5 Å². The molecule has 170 valence electrons. The molecule has 0 spiro atoms. The van der Waals surface area contributed by atoms with Crippen molar-refractivity contribution in [1.29, 1.82) is 0 Å². The van der Waals surface area contributed by atoms with Crippen molar-refractivity contribution in [1.82, 2.24) is 0 Å². The number of aldehydes is 1. The highest BCUT2D eigenvalue weighted by molar-refractivity contribution is 6.15. The van der Waals surface area contributed by atoms with Crippen LogP contribution in [-0.4, -0.2) is 23.8 Å². The van der Waals surface area contributed by atoms with E-state index in [1.165, 1.54) is 12.1 Å². The normalized spacial score (nSPS) is 11.6. The number of carbonyl (C=O) groups excluding carboxylic acids is 4. The molecule has 1 unspecified atom stereocenters. The van der Waals surface area contributed by atoms with Gasteiger partial charge in [0.2, 0.25) is 0 Å². The summed E-state index contributed by atoms with van der Waals surface area (Å²) in [6.07, 6.45) is 6.78. The zero-order chi connectivity index (χ0) is 23.5. The Bertz CT molecular complexity index is 960. The molecule has 5 nitrogen and oxygen atoms in total. The number of ketones is 2. The van der Waals surface area contributed by atoms with Crippen LogP contribution in [0.1, 0.15) is 102 Å². The van der Waals surface area contributed by atoms with Gasteiger partial charge in [-0.3, -0.25) is 19.2 Å². The minimum atomic E-state index is -0.461. The number of esters is 1. The molecule has 1 atom stereocenters. The molecule has 2 aromatic carbocycles. The molecule has 0 saturated heterocycles. The van der Waals surface area contributed by atoms with Gasteiger partial charge >= 0.3 is 5.97 Å². The Morgan fingerprint density at radius 2 is 1.66 bits per heavy atom. The summed E-state index contributed by atoms with van der Waals surface area (Å²) in [6.45, 7) is 5.77. The Morgan fingerprint density at radius 1 is 0.938 bits per heavy atom. The molecule has 0 heterocycles. The molecule has 0 aromatic heterocycles. The lowest BCUT2D eigenvalue weighted by Gasteiger charge is -2.14. The quantitative estimate of drug-likeness (QED) is 0.122. The first-order valence-electron chi connectivity index (χ1n) is 11.4. The second-order valence-corrected chi connectivity index (χ2v) is 8.06. The number of hydrogen-bond acceptors (Lipinski definition) is 5. The summed E-state index contributed by atoms with van der Waals surface area (Å²) in [5.74, 6) is -1.19. The van der Waals surface area contributed by atoms with Crippen LogP contribution < -0.4 is 4.74 Å². The summed E-state index contributed by atoms with van der Waals surface area (Å²) in [6, 6.07) is 11.0. The minimum Gasteiger partial charge on any atom is -0.426 e. The van der Waals surface area contributed by atoms with E-state index in [1.807, 2.05) is 6.92 Å². The van der Waals surface area contributed by atoms with Crippen molar-refractivity contribution in [2.45, 2.75) is 65.7 Å². The van der Waals surface area contributed by atoms with E-state index in [9.17, 15) is 19.2 Å². The minimum absolute atomic E-state index is 0.0565. The fraction of sp³-hybridized carbons (Fsp3) is 0.407.